The molecule has 3 heterocycles. The van der Waals surface area contributed by atoms with Crippen molar-refractivity contribution in [2.75, 3.05) is 57.0 Å². The van der Waals surface area contributed by atoms with E-state index in [1.807, 2.05) is 36.0 Å². The van der Waals surface area contributed by atoms with Crippen molar-refractivity contribution in [2.24, 2.45) is 0 Å². The molecule has 0 spiro atoms. The number of aliphatic hydroxyl groups is 1. The smallest absolute Gasteiger partial charge is 0.270 e. The zero-order valence-electron chi connectivity index (χ0n) is 21.5. The number of amides is 2. The highest BCUT2D eigenvalue weighted by molar-refractivity contribution is 5.93. The number of fused-ring (bicyclic) bond motifs is 1. The molecule has 1 fully saturated rings. The molecule has 1 aromatic carbocycles. The first-order chi connectivity index (χ1) is 17.3. The SMILES string of the molecule is CC(=O)N1CCC(Nc2cc(C(=O)NC[C@H](O)CN3CCc4ccccc4C3)nc(N(C)C)c2)CC1. The van der Waals surface area contributed by atoms with Crippen LogP contribution < -0.4 is 15.5 Å². The van der Waals surface area contributed by atoms with Crippen LogP contribution in [0.15, 0.2) is 36.4 Å². The van der Waals surface area contributed by atoms with Crippen molar-refractivity contribution in [1.29, 1.82) is 0 Å². The van der Waals surface area contributed by atoms with Gasteiger partial charge >= 0.3 is 0 Å². The van der Waals surface area contributed by atoms with Crippen LogP contribution in [0.3, 0.4) is 0 Å². The molecule has 1 saturated heterocycles. The second-order valence-electron chi connectivity index (χ2n) is 10.0. The average molecular weight is 495 g/mol. The third kappa shape index (κ3) is 6.73. The number of carbonyl (C=O) groups is 2. The number of benzene rings is 1. The quantitative estimate of drug-likeness (QED) is 0.514. The summed E-state index contributed by atoms with van der Waals surface area (Å²) in [5, 5.41) is 17.0. The number of pyridine rings is 1. The van der Waals surface area contributed by atoms with E-state index in [0.717, 1.165) is 51.1 Å². The predicted molar refractivity (Wildman–Crippen MR) is 141 cm³/mol. The number of piperidine rings is 1. The number of likely N-dealkylation sites (tertiary alicyclic amines) is 1. The van der Waals surface area contributed by atoms with Crippen LogP contribution in [0, 0.1) is 0 Å². The van der Waals surface area contributed by atoms with Gasteiger partial charge in [-0.05, 0) is 36.5 Å². The van der Waals surface area contributed by atoms with E-state index in [1.54, 1.807) is 13.0 Å². The van der Waals surface area contributed by atoms with E-state index in [2.05, 4.69) is 38.7 Å². The van der Waals surface area contributed by atoms with Gasteiger partial charge in [-0.15, -0.1) is 0 Å². The number of aromatic nitrogens is 1. The van der Waals surface area contributed by atoms with Crippen molar-refractivity contribution in [2.45, 2.75) is 44.9 Å². The van der Waals surface area contributed by atoms with Crippen molar-refractivity contribution in [3.8, 4) is 0 Å². The van der Waals surface area contributed by atoms with Gasteiger partial charge in [0.25, 0.3) is 5.91 Å². The Kier molecular flexibility index (Phi) is 8.43. The Bertz CT molecular complexity index is 1070. The lowest BCUT2D eigenvalue weighted by Gasteiger charge is -2.32. The third-order valence-electron chi connectivity index (χ3n) is 6.99. The molecule has 2 aromatic rings. The summed E-state index contributed by atoms with van der Waals surface area (Å²) >= 11 is 0. The Hall–Kier alpha value is -3.17. The number of hydrogen-bond donors (Lipinski definition) is 3. The monoisotopic (exact) mass is 494 g/mol. The second-order valence-corrected chi connectivity index (χ2v) is 10.0. The van der Waals surface area contributed by atoms with Crippen LogP contribution in [-0.2, 0) is 17.8 Å². The van der Waals surface area contributed by atoms with Crippen LogP contribution in [0.5, 0.6) is 0 Å². The van der Waals surface area contributed by atoms with Gasteiger partial charge in [0.15, 0.2) is 0 Å². The molecule has 0 unspecified atom stereocenters. The summed E-state index contributed by atoms with van der Waals surface area (Å²) in [4.78, 5) is 35.0. The summed E-state index contributed by atoms with van der Waals surface area (Å²) in [6.45, 7) is 5.44. The molecule has 0 aliphatic carbocycles. The summed E-state index contributed by atoms with van der Waals surface area (Å²) in [6, 6.07) is 12.3. The minimum atomic E-state index is -0.666. The second kappa shape index (κ2) is 11.7. The minimum Gasteiger partial charge on any atom is -0.390 e. The highest BCUT2D eigenvalue weighted by atomic mass is 16.3. The maximum Gasteiger partial charge on any atom is 0.270 e. The first-order valence-corrected chi connectivity index (χ1v) is 12.8. The number of hydrogen-bond acceptors (Lipinski definition) is 7. The fraction of sp³-hybridized carbons (Fsp3) is 0.519. The molecule has 0 bridgehead atoms. The Morgan fingerprint density at radius 2 is 1.86 bits per heavy atom. The maximum absolute atomic E-state index is 13.0. The number of carbonyl (C=O) groups excluding carboxylic acids is 2. The Labute approximate surface area is 213 Å². The van der Waals surface area contributed by atoms with Crippen molar-refractivity contribution in [1.82, 2.24) is 20.1 Å². The van der Waals surface area contributed by atoms with Crippen LogP contribution >= 0.6 is 0 Å². The van der Waals surface area contributed by atoms with Crippen LogP contribution in [-0.4, -0.2) is 90.7 Å². The van der Waals surface area contributed by atoms with Crippen molar-refractivity contribution < 1.29 is 14.7 Å². The fourth-order valence-electron chi connectivity index (χ4n) is 4.89. The molecule has 2 amide bonds. The van der Waals surface area contributed by atoms with Crippen molar-refractivity contribution >= 4 is 23.3 Å². The van der Waals surface area contributed by atoms with Crippen LogP contribution in [0.4, 0.5) is 11.5 Å². The minimum absolute atomic E-state index is 0.110. The molecule has 9 heteroatoms. The molecule has 36 heavy (non-hydrogen) atoms. The van der Waals surface area contributed by atoms with Gasteiger partial charge in [0, 0.05) is 78.1 Å². The Morgan fingerprint density at radius 1 is 1.14 bits per heavy atom. The molecule has 3 N–H and O–H groups in total. The van der Waals surface area contributed by atoms with Crippen LogP contribution in [0.25, 0.3) is 0 Å². The molecule has 2 aliphatic rings. The molecule has 2 aliphatic heterocycles. The summed E-state index contributed by atoms with van der Waals surface area (Å²) < 4.78 is 0. The molecule has 0 saturated carbocycles. The summed E-state index contributed by atoms with van der Waals surface area (Å²) in [7, 11) is 3.78. The van der Waals surface area contributed by atoms with E-state index in [0.29, 0.717) is 18.1 Å². The number of rotatable bonds is 8. The van der Waals surface area contributed by atoms with E-state index in [-0.39, 0.29) is 24.4 Å². The van der Waals surface area contributed by atoms with Gasteiger partial charge in [0.1, 0.15) is 11.5 Å². The number of aliphatic hydroxyl groups excluding tert-OH is 1. The lowest BCUT2D eigenvalue weighted by molar-refractivity contribution is -0.129. The molecule has 9 nitrogen and oxygen atoms in total. The highest BCUT2D eigenvalue weighted by Crippen LogP contribution is 2.22. The van der Waals surface area contributed by atoms with Gasteiger partial charge in [-0.25, -0.2) is 4.98 Å². The van der Waals surface area contributed by atoms with Crippen molar-refractivity contribution in [3.05, 3.63) is 53.2 Å². The Morgan fingerprint density at radius 3 is 2.56 bits per heavy atom. The standard InChI is InChI=1S/C27H38N6O3/c1-19(34)33-12-9-22(10-13-33)29-23-14-25(30-26(15-23)31(2)3)27(36)28-16-24(35)18-32-11-8-20-6-4-5-7-21(20)17-32/h4-7,14-15,22,24,35H,8-13,16-18H2,1-3H3,(H,28,36)(H,29,30)/t24-/m0/s1. The highest BCUT2D eigenvalue weighted by Gasteiger charge is 2.22. The average Bonchev–Trinajstić information content (AvgIpc) is 2.87. The van der Waals surface area contributed by atoms with Gasteiger partial charge in [-0.3, -0.25) is 14.5 Å². The molecular weight excluding hydrogens is 456 g/mol. The predicted octanol–water partition coefficient (Wildman–Crippen LogP) is 1.72. The van der Waals surface area contributed by atoms with Crippen LogP contribution in [0.1, 0.15) is 41.4 Å². The third-order valence-corrected chi connectivity index (χ3v) is 6.99. The van der Waals surface area contributed by atoms with E-state index in [9.17, 15) is 14.7 Å². The van der Waals surface area contributed by atoms with Gasteiger partial charge in [-0.2, -0.15) is 0 Å². The molecular formula is C27H38N6O3. The van der Waals surface area contributed by atoms with Gasteiger partial charge < -0.3 is 25.5 Å². The van der Waals surface area contributed by atoms with Gasteiger partial charge in [0.2, 0.25) is 5.91 Å². The summed E-state index contributed by atoms with van der Waals surface area (Å²) in [5.74, 6) is 0.480. The number of nitrogens with zero attached hydrogens (tertiary/aromatic N) is 4. The van der Waals surface area contributed by atoms with E-state index in [4.69, 9.17) is 0 Å². The molecule has 1 atom stereocenters. The van der Waals surface area contributed by atoms with E-state index < -0.39 is 6.10 Å². The number of nitrogens with one attached hydrogen (secondary N) is 2. The maximum atomic E-state index is 13.0. The lowest BCUT2D eigenvalue weighted by atomic mass is 10.00. The van der Waals surface area contributed by atoms with E-state index in [1.165, 1.54) is 11.1 Å². The molecule has 194 valence electrons. The normalized spacial score (nSPS) is 17.3. The first-order valence-electron chi connectivity index (χ1n) is 12.8. The topological polar surface area (TPSA) is 101 Å². The fourth-order valence-corrected chi connectivity index (χ4v) is 4.89. The molecule has 0 radical (unpaired) electrons. The summed E-state index contributed by atoms with van der Waals surface area (Å²) in [6.07, 6.45) is 2.02. The number of anilines is 2. The lowest BCUT2D eigenvalue weighted by Crippen LogP contribution is -2.42. The zero-order valence-corrected chi connectivity index (χ0v) is 21.5. The molecule has 1 aromatic heterocycles. The summed E-state index contributed by atoms with van der Waals surface area (Å²) in [5.41, 5.74) is 3.81. The largest absolute Gasteiger partial charge is 0.390 e. The zero-order chi connectivity index (χ0) is 25.7. The van der Waals surface area contributed by atoms with Crippen LogP contribution in [0.2, 0.25) is 0 Å². The Balaban J connectivity index is 1.32. The molecule has 4 rings (SSSR count). The van der Waals surface area contributed by atoms with Gasteiger partial charge in [0.05, 0.1) is 6.10 Å². The van der Waals surface area contributed by atoms with E-state index >= 15 is 0 Å². The van der Waals surface area contributed by atoms with Gasteiger partial charge in [-0.1, -0.05) is 24.3 Å². The van der Waals surface area contributed by atoms with Crippen molar-refractivity contribution in [3.63, 3.8) is 0 Å². The first kappa shape index (κ1) is 25.9. The number of β-amino-alcohol motifs (C(OH)–C–C–N with tert-alkyl or cyclic N) is 1.